The van der Waals surface area contributed by atoms with Crippen LogP contribution in [-0.4, -0.2) is 36.9 Å². The molecule has 2 aromatic rings. The van der Waals surface area contributed by atoms with Crippen molar-refractivity contribution in [3.05, 3.63) is 62.9 Å². The van der Waals surface area contributed by atoms with Gasteiger partial charge in [0, 0.05) is 34.3 Å². The summed E-state index contributed by atoms with van der Waals surface area (Å²) in [5.74, 6) is -6.03. The minimum Gasteiger partial charge on any atom is -0.349 e. The Morgan fingerprint density at radius 3 is 2.00 bits per heavy atom. The van der Waals surface area contributed by atoms with Gasteiger partial charge in [0.1, 0.15) is 16.8 Å². The van der Waals surface area contributed by atoms with Crippen LogP contribution in [0.1, 0.15) is 57.4 Å². The van der Waals surface area contributed by atoms with Crippen LogP contribution in [0, 0.1) is 17.5 Å². The van der Waals surface area contributed by atoms with Gasteiger partial charge in [0.2, 0.25) is 11.8 Å². The summed E-state index contributed by atoms with van der Waals surface area (Å²) in [6.45, 7) is 6.90. The van der Waals surface area contributed by atoms with Crippen LogP contribution in [-0.2, 0) is 32.4 Å². The molecule has 0 saturated heterocycles. The van der Waals surface area contributed by atoms with Gasteiger partial charge in [0.05, 0.1) is 6.54 Å². The summed E-state index contributed by atoms with van der Waals surface area (Å²) in [5.41, 5.74) is -1.70. The number of rotatable bonds is 7. The van der Waals surface area contributed by atoms with Crippen LogP contribution in [0.15, 0.2) is 33.6 Å². The van der Waals surface area contributed by atoms with Crippen molar-refractivity contribution in [2.24, 2.45) is 0 Å². The summed E-state index contributed by atoms with van der Waals surface area (Å²) in [6.07, 6.45) is 0.421. The second-order valence-electron chi connectivity index (χ2n) is 9.19. The number of carbonyl (C=O) groups excluding carboxylic acids is 2. The molecule has 1 unspecified atom stereocenters. The molecule has 2 aromatic carbocycles. The van der Waals surface area contributed by atoms with Crippen LogP contribution >= 0.6 is 15.9 Å². The topological polar surface area (TPSA) is 83.6 Å². The first-order chi connectivity index (χ1) is 16.0. The van der Waals surface area contributed by atoms with Crippen LogP contribution in [0.25, 0.3) is 0 Å². The van der Waals surface area contributed by atoms with Crippen molar-refractivity contribution < 1.29 is 31.2 Å². The lowest BCUT2D eigenvalue weighted by molar-refractivity contribution is -0.140. The number of halogens is 4. The number of carbonyl (C=O) groups is 2. The lowest BCUT2D eigenvalue weighted by Gasteiger charge is -2.33. The van der Waals surface area contributed by atoms with E-state index in [2.05, 4.69) is 21.2 Å². The average Bonchev–Trinajstić information content (AvgIpc) is 2.71. The van der Waals surface area contributed by atoms with E-state index >= 15 is 8.78 Å². The van der Waals surface area contributed by atoms with Gasteiger partial charge in [-0.2, -0.15) is 0 Å². The molecule has 35 heavy (non-hydrogen) atoms. The normalized spacial score (nSPS) is 12.9. The fourth-order valence-electron chi connectivity index (χ4n) is 3.69. The van der Waals surface area contributed by atoms with Gasteiger partial charge in [-0.15, -0.1) is 0 Å². The minimum atomic E-state index is -4.28. The molecule has 0 heterocycles. The van der Waals surface area contributed by atoms with E-state index in [-0.39, 0.29) is 6.42 Å². The highest BCUT2D eigenvalue weighted by Crippen LogP contribution is 2.33. The second-order valence-corrected chi connectivity index (χ2v) is 12.1. The number of nitrogens with zero attached hydrogens (tertiary/aromatic N) is 1. The highest BCUT2D eigenvalue weighted by Gasteiger charge is 2.35. The highest BCUT2D eigenvalue weighted by atomic mass is 79.9. The molecule has 6 nitrogen and oxygen atoms in total. The van der Waals surface area contributed by atoms with E-state index in [1.165, 1.54) is 6.92 Å². The lowest BCUT2D eigenvalue weighted by atomic mass is 9.99. The summed E-state index contributed by atoms with van der Waals surface area (Å²) in [5, 5.41) is 2.76. The minimum absolute atomic E-state index is 0.237. The Bertz CT molecular complexity index is 1240. The van der Waals surface area contributed by atoms with Crippen molar-refractivity contribution >= 4 is 37.6 Å². The molecule has 0 aromatic heterocycles. The Balaban J connectivity index is 2.74. The molecular formula is C24H28BrF3N2O4S. The third kappa shape index (κ3) is 6.63. The lowest BCUT2D eigenvalue weighted by Crippen LogP contribution is -2.48. The quantitative estimate of drug-likeness (QED) is 0.478. The fraction of sp³-hybridized carbons (Fsp3) is 0.417. The summed E-state index contributed by atoms with van der Waals surface area (Å²) in [6, 6.07) is 5.13. The predicted octanol–water partition coefficient (Wildman–Crippen LogP) is 4.84. The van der Waals surface area contributed by atoms with Crippen molar-refractivity contribution in [2.75, 3.05) is 6.26 Å². The monoisotopic (exact) mass is 576 g/mol. The van der Waals surface area contributed by atoms with Crippen molar-refractivity contribution in [1.82, 2.24) is 10.2 Å². The van der Waals surface area contributed by atoms with E-state index in [4.69, 9.17) is 0 Å². The zero-order valence-corrected chi connectivity index (χ0v) is 22.7. The van der Waals surface area contributed by atoms with Gasteiger partial charge in [0.25, 0.3) is 0 Å². The summed E-state index contributed by atoms with van der Waals surface area (Å²) in [4.78, 5) is 25.8. The fourth-order valence-corrected chi connectivity index (χ4v) is 5.06. The number of benzene rings is 2. The smallest absolute Gasteiger partial charge is 0.247 e. The molecule has 1 atom stereocenters. The molecule has 2 amide bonds. The molecule has 0 radical (unpaired) electrons. The number of hydrogen-bond acceptors (Lipinski definition) is 4. The van der Waals surface area contributed by atoms with Crippen LogP contribution < -0.4 is 5.32 Å². The zero-order valence-electron chi connectivity index (χ0n) is 20.3. The van der Waals surface area contributed by atoms with Gasteiger partial charge >= 0.3 is 0 Å². The molecule has 0 bridgehead atoms. The van der Waals surface area contributed by atoms with Gasteiger partial charge in [-0.25, -0.2) is 21.6 Å². The molecule has 0 aliphatic heterocycles. The SMILES string of the molecule is CCc1c(F)c(CN(C(C)=O)C(C(=O)NC(C)(C)C)c2ccc(Br)cc2)c(F)c(F)c1S(C)(=O)=O. The molecule has 0 saturated carbocycles. The number of hydrogen-bond donors (Lipinski definition) is 1. The van der Waals surface area contributed by atoms with Crippen LogP contribution in [0.2, 0.25) is 0 Å². The zero-order chi connectivity index (χ0) is 26.9. The largest absolute Gasteiger partial charge is 0.349 e. The number of sulfone groups is 1. The Hall–Kier alpha value is -2.40. The first-order valence-electron chi connectivity index (χ1n) is 10.7. The third-order valence-corrected chi connectivity index (χ3v) is 6.86. The summed E-state index contributed by atoms with van der Waals surface area (Å²) >= 11 is 3.29. The Morgan fingerprint density at radius 2 is 1.57 bits per heavy atom. The van der Waals surface area contributed by atoms with Crippen molar-refractivity contribution in [1.29, 1.82) is 0 Å². The second kappa shape index (κ2) is 10.7. The molecule has 11 heteroatoms. The Kier molecular flexibility index (Phi) is 8.81. The molecule has 0 fully saturated rings. The molecule has 2 rings (SSSR count). The maximum atomic E-state index is 15.4. The highest BCUT2D eigenvalue weighted by molar-refractivity contribution is 9.10. The molecular weight excluding hydrogens is 549 g/mol. The summed E-state index contributed by atoms with van der Waals surface area (Å²) < 4.78 is 70.1. The van der Waals surface area contributed by atoms with Gasteiger partial charge in [-0.3, -0.25) is 9.59 Å². The van der Waals surface area contributed by atoms with E-state index in [1.54, 1.807) is 45.0 Å². The van der Waals surface area contributed by atoms with Crippen molar-refractivity contribution in [3.63, 3.8) is 0 Å². The van der Waals surface area contributed by atoms with Crippen molar-refractivity contribution in [3.8, 4) is 0 Å². The Labute approximate surface area is 211 Å². The van der Waals surface area contributed by atoms with Gasteiger partial charge in [0.15, 0.2) is 21.5 Å². The number of amides is 2. The maximum absolute atomic E-state index is 15.4. The van der Waals surface area contributed by atoms with Gasteiger partial charge < -0.3 is 10.2 Å². The van der Waals surface area contributed by atoms with E-state index in [1.807, 2.05) is 0 Å². The third-order valence-electron chi connectivity index (χ3n) is 5.16. The van der Waals surface area contributed by atoms with Gasteiger partial charge in [-0.1, -0.05) is 35.0 Å². The van der Waals surface area contributed by atoms with Crippen molar-refractivity contribution in [2.45, 2.75) is 64.1 Å². The van der Waals surface area contributed by atoms with Crippen LogP contribution in [0.5, 0.6) is 0 Å². The molecule has 0 aliphatic rings. The maximum Gasteiger partial charge on any atom is 0.247 e. The first kappa shape index (κ1) is 28.8. The predicted molar refractivity (Wildman–Crippen MR) is 130 cm³/mol. The molecule has 1 N–H and O–H groups in total. The van der Waals surface area contributed by atoms with Gasteiger partial charge in [-0.05, 0) is 44.9 Å². The van der Waals surface area contributed by atoms with Crippen LogP contribution in [0.3, 0.4) is 0 Å². The van der Waals surface area contributed by atoms with Crippen LogP contribution in [0.4, 0.5) is 13.2 Å². The number of nitrogens with one attached hydrogen (secondary N) is 1. The van der Waals surface area contributed by atoms with E-state index in [0.29, 0.717) is 16.3 Å². The summed E-state index contributed by atoms with van der Waals surface area (Å²) in [7, 11) is -4.28. The molecule has 192 valence electrons. The molecule has 0 aliphatic carbocycles. The van der Waals surface area contributed by atoms with E-state index in [9.17, 15) is 22.4 Å². The standard InChI is InChI=1S/C24H28BrF3N2O4S/c1-7-16-18(26)17(19(27)20(28)22(16)35(6,33)34)12-30(13(2)31)21(23(32)29-24(3,4)5)14-8-10-15(25)11-9-14/h8-11,21H,7,12H2,1-6H3,(H,29,32). The average molecular weight is 577 g/mol. The van der Waals surface area contributed by atoms with E-state index < -0.39 is 73.3 Å². The first-order valence-corrected chi connectivity index (χ1v) is 13.4. The van der Waals surface area contributed by atoms with E-state index in [0.717, 1.165) is 11.8 Å². The Morgan fingerprint density at radius 1 is 1.03 bits per heavy atom. The molecule has 0 spiro atoms.